The number of hydrogen-bond donors (Lipinski definition) is 2. The van der Waals surface area contributed by atoms with Gasteiger partial charge in [0, 0.05) is 0 Å². The first kappa shape index (κ1) is 14.0. The molecule has 2 aromatic rings. The lowest BCUT2D eigenvalue weighted by molar-refractivity contribution is -0.129. The van der Waals surface area contributed by atoms with Crippen LogP contribution in [0.1, 0.15) is 22.8 Å². The summed E-state index contributed by atoms with van der Waals surface area (Å²) in [6.07, 6.45) is 0.320. The van der Waals surface area contributed by atoms with E-state index in [-0.39, 0.29) is 0 Å². The van der Waals surface area contributed by atoms with Crippen LogP contribution in [0, 0.1) is 6.92 Å². The molecule has 0 aliphatic carbocycles. The second kappa shape index (κ2) is 6.63. The summed E-state index contributed by atoms with van der Waals surface area (Å²) in [6.45, 7) is 2.00. The first-order valence-electron chi connectivity index (χ1n) is 6.29. The van der Waals surface area contributed by atoms with Crippen LogP contribution in [0.2, 0.25) is 0 Å². The Morgan fingerprint density at radius 1 is 1.15 bits per heavy atom. The van der Waals surface area contributed by atoms with E-state index in [4.69, 9.17) is 0 Å². The summed E-state index contributed by atoms with van der Waals surface area (Å²) < 4.78 is 0. The Labute approximate surface area is 117 Å². The number of nitrogens with one attached hydrogen (secondary N) is 1. The van der Waals surface area contributed by atoms with Gasteiger partial charge in [0.25, 0.3) is 5.91 Å². The highest BCUT2D eigenvalue weighted by molar-refractivity contribution is 5.84. The number of rotatable bonds is 4. The average molecular weight is 268 g/mol. The Bertz CT molecular complexity index is 592. The molecule has 2 N–H and O–H groups in total. The van der Waals surface area contributed by atoms with Crippen LogP contribution in [0.3, 0.4) is 0 Å². The Morgan fingerprint density at radius 3 is 2.45 bits per heavy atom. The summed E-state index contributed by atoms with van der Waals surface area (Å²) in [5.74, 6) is -0.556. The van der Waals surface area contributed by atoms with Crippen LogP contribution in [0.5, 0.6) is 0 Å². The molecule has 0 saturated heterocycles. The van der Waals surface area contributed by atoms with Crippen molar-refractivity contribution in [3.8, 4) is 0 Å². The van der Waals surface area contributed by atoms with Gasteiger partial charge in [0.05, 0.1) is 6.21 Å². The number of hydrogen-bond acceptors (Lipinski definition) is 3. The lowest BCUT2D eigenvalue weighted by Crippen LogP contribution is -2.25. The minimum atomic E-state index is -1.22. The molecule has 102 valence electrons. The van der Waals surface area contributed by atoms with Crippen LogP contribution in [-0.4, -0.2) is 17.2 Å². The molecular weight excluding hydrogens is 252 g/mol. The van der Waals surface area contributed by atoms with E-state index in [9.17, 15) is 9.90 Å². The quantitative estimate of drug-likeness (QED) is 0.659. The van der Waals surface area contributed by atoms with E-state index in [2.05, 4.69) is 10.5 Å². The molecule has 0 unspecified atom stereocenters. The number of nitrogens with zero attached hydrogens (tertiary/aromatic N) is 1. The van der Waals surface area contributed by atoms with E-state index in [1.54, 1.807) is 24.3 Å². The van der Waals surface area contributed by atoms with Crippen molar-refractivity contribution in [3.05, 3.63) is 71.3 Å². The lowest BCUT2D eigenvalue weighted by atomic mass is 10.1. The van der Waals surface area contributed by atoms with E-state index in [0.29, 0.717) is 5.56 Å². The molecule has 0 aromatic heterocycles. The van der Waals surface area contributed by atoms with Gasteiger partial charge in [-0.3, -0.25) is 4.79 Å². The summed E-state index contributed by atoms with van der Waals surface area (Å²) in [5.41, 5.74) is 4.90. The number of carbonyl (C=O) groups excluding carboxylic acids is 1. The van der Waals surface area contributed by atoms with Crippen molar-refractivity contribution in [3.63, 3.8) is 0 Å². The highest BCUT2D eigenvalue weighted by atomic mass is 16.3. The Balaban J connectivity index is 1.93. The van der Waals surface area contributed by atoms with Gasteiger partial charge in [0.1, 0.15) is 0 Å². The van der Waals surface area contributed by atoms with Crippen molar-refractivity contribution >= 4 is 12.1 Å². The molecule has 0 fully saturated rings. The van der Waals surface area contributed by atoms with Crippen molar-refractivity contribution in [1.29, 1.82) is 0 Å². The lowest BCUT2D eigenvalue weighted by Gasteiger charge is -2.08. The molecule has 0 radical (unpaired) electrons. The van der Waals surface area contributed by atoms with Gasteiger partial charge >= 0.3 is 0 Å². The topological polar surface area (TPSA) is 61.7 Å². The van der Waals surface area contributed by atoms with Crippen LogP contribution in [0.4, 0.5) is 0 Å². The maximum atomic E-state index is 11.7. The minimum Gasteiger partial charge on any atom is -0.378 e. The molecule has 0 saturated carbocycles. The molecule has 2 rings (SSSR count). The van der Waals surface area contributed by atoms with Crippen molar-refractivity contribution in [2.45, 2.75) is 13.0 Å². The fourth-order valence-corrected chi connectivity index (χ4v) is 1.67. The average Bonchev–Trinajstić information content (AvgIpc) is 2.49. The second-order valence-electron chi connectivity index (χ2n) is 4.46. The van der Waals surface area contributed by atoms with E-state index in [0.717, 1.165) is 11.1 Å². The molecule has 0 aliphatic heterocycles. The van der Waals surface area contributed by atoms with Crippen LogP contribution >= 0.6 is 0 Å². The molecule has 1 amide bonds. The summed E-state index contributed by atoms with van der Waals surface area (Å²) in [5, 5.41) is 13.7. The zero-order chi connectivity index (χ0) is 14.4. The monoisotopic (exact) mass is 268 g/mol. The predicted octanol–water partition coefficient (Wildman–Crippen LogP) is 2.18. The maximum absolute atomic E-state index is 11.7. The number of hydrazone groups is 1. The van der Waals surface area contributed by atoms with E-state index >= 15 is 0 Å². The molecule has 4 heteroatoms. The molecular formula is C16H16N2O2. The third kappa shape index (κ3) is 3.76. The zero-order valence-corrected chi connectivity index (χ0v) is 11.2. The molecule has 0 spiro atoms. The Morgan fingerprint density at radius 2 is 1.80 bits per heavy atom. The predicted molar refractivity (Wildman–Crippen MR) is 78.3 cm³/mol. The normalized spacial score (nSPS) is 12.3. The number of benzene rings is 2. The molecule has 0 heterocycles. The van der Waals surface area contributed by atoms with Gasteiger partial charge in [-0.05, 0) is 18.1 Å². The number of aryl methyl sites for hydroxylation is 1. The second-order valence-corrected chi connectivity index (χ2v) is 4.46. The van der Waals surface area contributed by atoms with Crippen LogP contribution in [0.25, 0.3) is 0 Å². The van der Waals surface area contributed by atoms with E-state index in [1.807, 2.05) is 37.3 Å². The summed E-state index contributed by atoms with van der Waals surface area (Å²) in [4.78, 5) is 11.7. The fourth-order valence-electron chi connectivity index (χ4n) is 1.67. The van der Waals surface area contributed by atoms with E-state index < -0.39 is 12.0 Å². The van der Waals surface area contributed by atoms with Gasteiger partial charge in [-0.25, -0.2) is 5.43 Å². The zero-order valence-electron chi connectivity index (χ0n) is 11.2. The standard InChI is InChI=1S/C16H16N2O2/c1-12-7-9-13(10-8-12)11-17-18-16(20)15(19)14-5-3-2-4-6-14/h2-11,15,19H,1H3,(H,18,20)/b17-11-/t15-/m1/s1. The molecule has 0 bridgehead atoms. The van der Waals surface area contributed by atoms with E-state index in [1.165, 1.54) is 6.21 Å². The first-order valence-corrected chi connectivity index (χ1v) is 6.29. The summed E-state index contributed by atoms with van der Waals surface area (Å²) >= 11 is 0. The third-order valence-corrected chi connectivity index (χ3v) is 2.83. The molecule has 0 aliphatic rings. The van der Waals surface area contributed by atoms with Crippen molar-refractivity contribution < 1.29 is 9.90 Å². The number of amides is 1. The van der Waals surface area contributed by atoms with Crippen molar-refractivity contribution in [1.82, 2.24) is 5.43 Å². The molecule has 4 nitrogen and oxygen atoms in total. The summed E-state index contributed by atoms with van der Waals surface area (Å²) in [7, 11) is 0. The number of aliphatic hydroxyl groups excluding tert-OH is 1. The SMILES string of the molecule is Cc1ccc(/C=N\NC(=O)[C@H](O)c2ccccc2)cc1. The van der Waals surface area contributed by atoms with Gasteiger partial charge < -0.3 is 5.11 Å². The molecule has 2 aromatic carbocycles. The van der Waals surface area contributed by atoms with Gasteiger partial charge in [-0.1, -0.05) is 60.2 Å². The summed E-state index contributed by atoms with van der Waals surface area (Å²) in [6, 6.07) is 16.5. The number of carbonyl (C=O) groups is 1. The largest absolute Gasteiger partial charge is 0.378 e. The number of aliphatic hydroxyl groups is 1. The fraction of sp³-hybridized carbons (Fsp3) is 0.125. The highest BCUT2D eigenvalue weighted by Gasteiger charge is 2.15. The van der Waals surface area contributed by atoms with Crippen LogP contribution in [-0.2, 0) is 4.79 Å². The van der Waals surface area contributed by atoms with Crippen LogP contribution in [0.15, 0.2) is 59.7 Å². The van der Waals surface area contributed by atoms with Crippen molar-refractivity contribution in [2.24, 2.45) is 5.10 Å². The molecule has 1 atom stereocenters. The third-order valence-electron chi connectivity index (χ3n) is 2.83. The smallest absolute Gasteiger partial charge is 0.273 e. The Kier molecular flexibility index (Phi) is 4.63. The van der Waals surface area contributed by atoms with Crippen molar-refractivity contribution in [2.75, 3.05) is 0 Å². The highest BCUT2D eigenvalue weighted by Crippen LogP contribution is 2.11. The van der Waals surface area contributed by atoms with Gasteiger partial charge in [0.15, 0.2) is 6.10 Å². The van der Waals surface area contributed by atoms with Gasteiger partial charge in [0.2, 0.25) is 0 Å². The minimum absolute atomic E-state index is 0.538. The van der Waals surface area contributed by atoms with Gasteiger partial charge in [-0.2, -0.15) is 5.10 Å². The van der Waals surface area contributed by atoms with Gasteiger partial charge in [-0.15, -0.1) is 0 Å². The first-order chi connectivity index (χ1) is 9.66. The Hall–Kier alpha value is -2.46. The maximum Gasteiger partial charge on any atom is 0.273 e. The van der Waals surface area contributed by atoms with Crippen LogP contribution < -0.4 is 5.43 Å². The molecule has 20 heavy (non-hydrogen) atoms.